The van der Waals surface area contributed by atoms with Gasteiger partial charge in [-0.3, -0.25) is 5.41 Å². The smallest absolute Gasteiger partial charge is 0.171 e. The quantitative estimate of drug-likeness (QED) is 0.153. The molecule has 0 spiro atoms. The zero-order chi connectivity index (χ0) is 26.5. The number of nitrogen functional groups attached to an aromatic ring is 1. The number of aryl methyl sites for hydroxylation is 1. The molecule has 1 unspecified atom stereocenters. The van der Waals surface area contributed by atoms with Crippen LogP contribution in [-0.4, -0.2) is 28.5 Å². The van der Waals surface area contributed by atoms with Crippen LogP contribution in [0.4, 0.5) is 10.1 Å². The Kier molecular flexibility index (Phi) is 7.77. The number of imidazole rings is 1. The van der Waals surface area contributed by atoms with Crippen molar-refractivity contribution in [1.82, 2.24) is 9.97 Å². The Balaban J connectivity index is 1.85. The molecule has 0 fully saturated rings. The molecule has 0 saturated carbocycles. The van der Waals surface area contributed by atoms with Gasteiger partial charge < -0.3 is 25.5 Å². The molecule has 4 aromatic rings. The molecule has 0 aliphatic carbocycles. The summed E-state index contributed by atoms with van der Waals surface area (Å²) in [5, 5.41) is 11.1. The second-order valence-electron chi connectivity index (χ2n) is 8.95. The molecule has 3 aromatic carbocycles. The van der Waals surface area contributed by atoms with E-state index in [1.165, 1.54) is 0 Å². The third-order valence-electron chi connectivity index (χ3n) is 5.76. The zero-order valence-corrected chi connectivity index (χ0v) is 21.4. The van der Waals surface area contributed by atoms with E-state index in [9.17, 15) is 0 Å². The van der Waals surface area contributed by atoms with Crippen molar-refractivity contribution in [2.75, 3.05) is 11.9 Å². The lowest BCUT2D eigenvalue weighted by Crippen LogP contribution is -2.18. The summed E-state index contributed by atoms with van der Waals surface area (Å²) in [6.07, 6.45) is -0.222. The normalized spacial score (nSPS) is 11.8. The molecule has 1 aromatic heterocycles. The molecule has 0 bridgehead atoms. The average molecular weight is 502 g/mol. The second kappa shape index (κ2) is 11.2. The van der Waals surface area contributed by atoms with Crippen molar-refractivity contribution in [3.63, 3.8) is 0 Å². The lowest BCUT2D eigenvalue weighted by molar-refractivity contribution is 0.228. The van der Waals surface area contributed by atoms with Gasteiger partial charge in [-0.05, 0) is 58.0 Å². The molecule has 4 rings (SSSR count). The number of nitrogens with two attached hydrogens (primary N) is 1. The van der Waals surface area contributed by atoms with Crippen LogP contribution in [0, 0.1) is 18.2 Å². The molecule has 0 radical (unpaired) electrons. The Bertz CT molecular complexity index is 1370. The number of rotatable bonds is 10. The first-order valence-electron chi connectivity index (χ1n) is 12.2. The van der Waals surface area contributed by atoms with Crippen molar-refractivity contribution in [2.45, 2.75) is 39.8 Å². The van der Waals surface area contributed by atoms with E-state index in [1.807, 2.05) is 58.0 Å². The van der Waals surface area contributed by atoms with E-state index in [1.54, 1.807) is 36.4 Å². The first-order valence-corrected chi connectivity index (χ1v) is 12.2. The predicted octanol–water partition coefficient (Wildman–Crippen LogP) is 6.20. The highest BCUT2D eigenvalue weighted by atomic mass is 19.1. The lowest BCUT2D eigenvalue weighted by Gasteiger charge is -2.22. The van der Waals surface area contributed by atoms with Gasteiger partial charge in [-0.25, -0.2) is 9.37 Å². The van der Waals surface area contributed by atoms with Crippen LogP contribution in [0.2, 0.25) is 0 Å². The van der Waals surface area contributed by atoms with Crippen molar-refractivity contribution >= 4 is 11.5 Å². The number of nitrogens with zero attached hydrogens (tertiary/aromatic N) is 1. The lowest BCUT2D eigenvalue weighted by atomic mass is 10.0. The maximum Gasteiger partial charge on any atom is 0.171 e. The highest BCUT2D eigenvalue weighted by Crippen LogP contribution is 2.36. The van der Waals surface area contributed by atoms with Crippen molar-refractivity contribution in [3.05, 3.63) is 95.2 Å². The molecule has 0 aliphatic heterocycles. The minimum atomic E-state index is -0.700. The van der Waals surface area contributed by atoms with Crippen molar-refractivity contribution in [2.24, 2.45) is 5.73 Å². The average Bonchev–Trinajstić information content (AvgIpc) is 3.26. The Hall–Kier alpha value is -4.33. The number of hydrogen-bond donors (Lipinski definition) is 4. The highest BCUT2D eigenvalue weighted by Gasteiger charge is 2.26. The summed E-state index contributed by atoms with van der Waals surface area (Å²) in [5.41, 5.74) is 9.85. The van der Waals surface area contributed by atoms with Gasteiger partial charge in [0.2, 0.25) is 0 Å². The number of halogens is 1. The zero-order valence-electron chi connectivity index (χ0n) is 21.4. The molecule has 8 heteroatoms. The van der Waals surface area contributed by atoms with E-state index in [4.69, 9.17) is 25.6 Å². The van der Waals surface area contributed by atoms with E-state index in [2.05, 4.69) is 10.3 Å². The molecular formula is C29H32FN5O2. The van der Waals surface area contributed by atoms with E-state index in [-0.39, 0.29) is 17.7 Å². The van der Waals surface area contributed by atoms with Gasteiger partial charge in [0.15, 0.2) is 11.6 Å². The van der Waals surface area contributed by atoms with Crippen LogP contribution in [0.3, 0.4) is 0 Å². The molecule has 1 heterocycles. The molecule has 0 saturated heterocycles. The van der Waals surface area contributed by atoms with Crippen LogP contribution in [0.25, 0.3) is 11.3 Å². The van der Waals surface area contributed by atoms with Crippen LogP contribution < -0.4 is 20.5 Å². The first kappa shape index (κ1) is 25.8. The molecule has 192 valence electrons. The summed E-state index contributed by atoms with van der Waals surface area (Å²) >= 11 is 0. The third kappa shape index (κ3) is 5.91. The molecule has 1 atom stereocenters. The number of benzene rings is 3. The third-order valence-corrected chi connectivity index (χ3v) is 5.76. The largest absolute Gasteiger partial charge is 0.494 e. The van der Waals surface area contributed by atoms with E-state index in [0.717, 1.165) is 17.0 Å². The van der Waals surface area contributed by atoms with Gasteiger partial charge in [-0.15, -0.1) is 0 Å². The predicted molar refractivity (Wildman–Crippen MR) is 145 cm³/mol. The summed E-state index contributed by atoms with van der Waals surface area (Å²) in [6, 6.07) is 19.5. The van der Waals surface area contributed by atoms with Crippen LogP contribution in [0.5, 0.6) is 11.5 Å². The van der Waals surface area contributed by atoms with Gasteiger partial charge in [0.25, 0.3) is 0 Å². The molecule has 7 nitrogen and oxygen atoms in total. The van der Waals surface area contributed by atoms with Crippen LogP contribution in [-0.2, 0) is 0 Å². The minimum Gasteiger partial charge on any atom is -0.494 e. The standard InChI is InChI=1S/C29H32FN5O2/c1-5-36-22-15-23(25(30)24(16-22)37-17(2)3)27(34-21-13-11-20(12-14-21)28(31)32)29-33-18(4)26(35-29)19-9-7-6-8-10-19/h6-17,27,34H,5H2,1-4H3,(H3,31,32)(H,33,35). The van der Waals surface area contributed by atoms with Crippen LogP contribution >= 0.6 is 0 Å². The number of hydrogen-bond acceptors (Lipinski definition) is 5. The Morgan fingerprint density at radius 2 is 1.81 bits per heavy atom. The van der Waals surface area contributed by atoms with Crippen molar-refractivity contribution in [3.8, 4) is 22.8 Å². The molecule has 5 N–H and O–H groups in total. The fourth-order valence-corrected chi connectivity index (χ4v) is 4.10. The first-order chi connectivity index (χ1) is 17.8. The Morgan fingerprint density at radius 3 is 2.43 bits per heavy atom. The van der Waals surface area contributed by atoms with E-state index in [0.29, 0.717) is 35.0 Å². The second-order valence-corrected chi connectivity index (χ2v) is 8.95. The maximum atomic E-state index is 16.0. The highest BCUT2D eigenvalue weighted by molar-refractivity contribution is 5.95. The van der Waals surface area contributed by atoms with Crippen molar-refractivity contribution < 1.29 is 13.9 Å². The number of ether oxygens (including phenoxy) is 2. The van der Waals surface area contributed by atoms with Gasteiger partial charge in [-0.2, -0.15) is 0 Å². The summed E-state index contributed by atoms with van der Waals surface area (Å²) in [6.45, 7) is 7.94. The fraction of sp³-hybridized carbons (Fsp3) is 0.241. The summed E-state index contributed by atoms with van der Waals surface area (Å²) in [4.78, 5) is 8.24. The Morgan fingerprint density at radius 1 is 1.11 bits per heavy atom. The van der Waals surface area contributed by atoms with E-state index >= 15 is 4.39 Å². The van der Waals surface area contributed by atoms with E-state index < -0.39 is 11.9 Å². The van der Waals surface area contributed by atoms with Gasteiger partial charge in [0.1, 0.15) is 23.5 Å². The molecular weight excluding hydrogens is 469 g/mol. The van der Waals surface area contributed by atoms with Crippen molar-refractivity contribution in [1.29, 1.82) is 5.41 Å². The topological polar surface area (TPSA) is 109 Å². The number of aromatic nitrogens is 2. The van der Waals surface area contributed by atoms with Gasteiger partial charge in [-0.1, -0.05) is 30.3 Å². The SMILES string of the molecule is CCOc1cc(OC(C)C)c(F)c(C(Nc2ccc(C(=N)N)cc2)c2nc(-c3ccccc3)c(C)[nH]2)c1. The Labute approximate surface area is 216 Å². The number of aromatic amines is 1. The van der Waals surface area contributed by atoms with Crippen LogP contribution in [0.15, 0.2) is 66.7 Å². The molecule has 37 heavy (non-hydrogen) atoms. The van der Waals surface area contributed by atoms with Gasteiger partial charge in [0.05, 0.1) is 18.4 Å². The maximum absolute atomic E-state index is 16.0. The minimum absolute atomic E-state index is 0.0248. The summed E-state index contributed by atoms with van der Waals surface area (Å²) < 4.78 is 27.5. The number of H-pyrrole nitrogens is 1. The van der Waals surface area contributed by atoms with Gasteiger partial charge >= 0.3 is 0 Å². The number of nitrogens with one attached hydrogen (secondary N) is 3. The molecule has 0 amide bonds. The molecule has 0 aliphatic rings. The summed E-state index contributed by atoms with van der Waals surface area (Å²) in [7, 11) is 0. The van der Waals surface area contributed by atoms with Gasteiger partial charge in [0, 0.05) is 34.1 Å². The number of anilines is 1. The number of amidine groups is 1. The van der Waals surface area contributed by atoms with Crippen LogP contribution in [0.1, 0.15) is 49.5 Å². The summed E-state index contributed by atoms with van der Waals surface area (Å²) in [5.74, 6) is 0.629. The monoisotopic (exact) mass is 501 g/mol. The fourth-order valence-electron chi connectivity index (χ4n) is 4.10.